The van der Waals surface area contributed by atoms with Gasteiger partial charge in [-0.25, -0.2) is 4.79 Å². The molecule has 1 saturated carbocycles. The predicted molar refractivity (Wildman–Crippen MR) is 132 cm³/mol. The third-order valence-corrected chi connectivity index (χ3v) is 6.38. The zero-order valence-electron chi connectivity index (χ0n) is 21.6. The van der Waals surface area contributed by atoms with Crippen LogP contribution in [0.3, 0.4) is 0 Å². The second kappa shape index (κ2) is 10.5. The van der Waals surface area contributed by atoms with E-state index >= 15 is 0 Å². The monoisotopic (exact) mass is 486 g/mol. The minimum atomic E-state index is -0.693. The fourth-order valence-electron chi connectivity index (χ4n) is 4.57. The molecule has 9 heteroatoms. The lowest BCUT2D eigenvalue weighted by Crippen LogP contribution is -2.53. The van der Waals surface area contributed by atoms with E-state index in [9.17, 15) is 9.59 Å². The molecule has 2 aromatic rings. The molecular formula is C26H38N4O5. The van der Waals surface area contributed by atoms with E-state index in [1.807, 2.05) is 37.9 Å². The van der Waals surface area contributed by atoms with Crippen LogP contribution in [0.4, 0.5) is 4.79 Å². The Morgan fingerprint density at radius 3 is 2.74 bits per heavy atom. The first-order valence-corrected chi connectivity index (χ1v) is 12.5. The number of aryl methyl sites for hydroxylation is 2. The number of fused-ring (bicyclic) bond motifs is 1. The Morgan fingerprint density at radius 1 is 1.29 bits per heavy atom. The largest absolute Gasteiger partial charge is 0.444 e. The molecule has 0 radical (unpaired) electrons. The topological polar surface area (TPSA) is 86.1 Å². The number of methoxy groups -OCH3 is 1. The summed E-state index contributed by atoms with van der Waals surface area (Å²) in [6.45, 7) is 10.5. The molecule has 0 spiro atoms. The summed E-state index contributed by atoms with van der Waals surface area (Å²) in [4.78, 5) is 34.4. The maximum Gasteiger partial charge on any atom is 0.410 e. The lowest BCUT2D eigenvalue weighted by molar-refractivity contribution is -0.150. The van der Waals surface area contributed by atoms with Crippen LogP contribution in [0.2, 0.25) is 0 Å². The summed E-state index contributed by atoms with van der Waals surface area (Å²) < 4.78 is 18.8. The number of hydrogen-bond donors (Lipinski definition) is 0. The van der Waals surface area contributed by atoms with Gasteiger partial charge < -0.3 is 28.6 Å². The molecule has 0 aromatic carbocycles. The van der Waals surface area contributed by atoms with Crippen molar-refractivity contribution in [3.05, 3.63) is 29.6 Å². The van der Waals surface area contributed by atoms with Crippen LogP contribution in [-0.2, 0) is 32.1 Å². The summed E-state index contributed by atoms with van der Waals surface area (Å²) in [6.07, 6.45) is 5.71. The van der Waals surface area contributed by atoms with Crippen LogP contribution in [0.5, 0.6) is 0 Å². The van der Waals surface area contributed by atoms with Crippen molar-refractivity contribution in [3.8, 4) is 0 Å². The average Bonchev–Trinajstić information content (AvgIpc) is 3.59. The number of amides is 2. The summed E-state index contributed by atoms with van der Waals surface area (Å²) in [6, 6.07) is 2.21. The fraction of sp³-hybridized carbons (Fsp3) is 0.654. The summed E-state index contributed by atoms with van der Waals surface area (Å²) in [5, 5.41) is 0. The molecule has 2 fully saturated rings. The van der Waals surface area contributed by atoms with Crippen LogP contribution in [0, 0.1) is 6.92 Å². The third-order valence-electron chi connectivity index (χ3n) is 6.38. The van der Waals surface area contributed by atoms with Crippen LogP contribution >= 0.6 is 0 Å². The lowest BCUT2D eigenvalue weighted by atomic mass is 10.1. The van der Waals surface area contributed by atoms with Gasteiger partial charge in [0.2, 0.25) is 0 Å². The highest BCUT2D eigenvalue weighted by Gasteiger charge is 2.40. The number of aromatic nitrogens is 2. The van der Waals surface area contributed by atoms with Crippen molar-refractivity contribution in [1.82, 2.24) is 19.4 Å². The van der Waals surface area contributed by atoms with Crippen molar-refractivity contribution >= 4 is 23.0 Å². The molecule has 4 rings (SSSR count). The highest BCUT2D eigenvalue weighted by atomic mass is 16.6. The van der Waals surface area contributed by atoms with E-state index in [-0.39, 0.29) is 18.5 Å². The van der Waals surface area contributed by atoms with E-state index in [1.165, 1.54) is 0 Å². The van der Waals surface area contributed by atoms with Gasteiger partial charge in [-0.3, -0.25) is 9.78 Å². The first-order valence-electron chi connectivity index (χ1n) is 12.5. The Kier molecular flexibility index (Phi) is 7.66. The molecule has 192 valence electrons. The van der Waals surface area contributed by atoms with Gasteiger partial charge in [-0.1, -0.05) is 0 Å². The first kappa shape index (κ1) is 25.4. The highest BCUT2D eigenvalue weighted by molar-refractivity contribution is 5.85. The van der Waals surface area contributed by atoms with Gasteiger partial charge in [0, 0.05) is 57.3 Å². The van der Waals surface area contributed by atoms with Crippen molar-refractivity contribution in [2.45, 2.75) is 77.8 Å². The van der Waals surface area contributed by atoms with Crippen molar-refractivity contribution < 1.29 is 23.8 Å². The molecule has 2 aliphatic rings. The number of rotatable bonds is 8. The summed E-state index contributed by atoms with van der Waals surface area (Å²) >= 11 is 0. The molecule has 2 aromatic heterocycles. The Labute approximate surface area is 207 Å². The van der Waals surface area contributed by atoms with Crippen LogP contribution in [0.25, 0.3) is 11.0 Å². The highest BCUT2D eigenvalue weighted by Crippen LogP contribution is 2.32. The van der Waals surface area contributed by atoms with Gasteiger partial charge >= 0.3 is 6.09 Å². The molecule has 1 aliphatic heterocycles. The molecular weight excluding hydrogens is 448 g/mol. The third kappa shape index (κ3) is 6.13. The van der Waals surface area contributed by atoms with Crippen molar-refractivity contribution in [2.24, 2.45) is 0 Å². The van der Waals surface area contributed by atoms with Crippen LogP contribution in [0.15, 0.2) is 18.5 Å². The molecule has 0 unspecified atom stereocenters. The Balaban J connectivity index is 1.52. The zero-order valence-corrected chi connectivity index (χ0v) is 21.6. The fourth-order valence-corrected chi connectivity index (χ4v) is 4.57. The summed E-state index contributed by atoms with van der Waals surface area (Å²) in [5.74, 6) is -0.0753. The molecule has 3 heterocycles. The summed E-state index contributed by atoms with van der Waals surface area (Å²) in [5.41, 5.74) is 3.64. The zero-order chi connectivity index (χ0) is 25.2. The number of nitrogens with zero attached hydrogens (tertiary/aromatic N) is 4. The average molecular weight is 487 g/mol. The number of morpholine rings is 1. The number of pyridine rings is 1. The number of carbonyl (C=O) groups is 2. The quantitative estimate of drug-likeness (QED) is 0.531. The second-order valence-corrected chi connectivity index (χ2v) is 10.5. The van der Waals surface area contributed by atoms with Gasteiger partial charge in [0.1, 0.15) is 5.60 Å². The number of ether oxygens (including phenoxy) is 3. The first-order chi connectivity index (χ1) is 16.7. The lowest BCUT2D eigenvalue weighted by Gasteiger charge is -2.35. The maximum atomic E-state index is 13.6. The number of hydrogen-bond acceptors (Lipinski definition) is 6. The van der Waals surface area contributed by atoms with E-state index in [0.29, 0.717) is 26.3 Å². The summed E-state index contributed by atoms with van der Waals surface area (Å²) in [7, 11) is 1.71. The van der Waals surface area contributed by atoms with Crippen molar-refractivity contribution in [3.63, 3.8) is 0 Å². The second-order valence-electron chi connectivity index (χ2n) is 10.5. The molecule has 1 aliphatic carbocycles. The van der Waals surface area contributed by atoms with Crippen LogP contribution < -0.4 is 0 Å². The molecule has 1 atom stereocenters. The van der Waals surface area contributed by atoms with Gasteiger partial charge in [0.25, 0.3) is 5.91 Å². The van der Waals surface area contributed by atoms with E-state index in [4.69, 9.17) is 14.2 Å². The van der Waals surface area contributed by atoms with Crippen LogP contribution in [0.1, 0.15) is 51.2 Å². The predicted octanol–water partition coefficient (Wildman–Crippen LogP) is 3.51. The molecule has 0 bridgehead atoms. The molecule has 0 N–H and O–H groups in total. The molecule has 2 amide bonds. The maximum absolute atomic E-state index is 13.6. The molecule has 9 nitrogen and oxygen atoms in total. The Bertz CT molecular complexity index is 1060. The van der Waals surface area contributed by atoms with Gasteiger partial charge in [0.05, 0.1) is 24.2 Å². The molecule has 1 saturated heterocycles. The normalized spacial score (nSPS) is 18.7. The Morgan fingerprint density at radius 2 is 2.06 bits per heavy atom. The van der Waals surface area contributed by atoms with Gasteiger partial charge in [-0.05, 0) is 58.6 Å². The van der Waals surface area contributed by atoms with E-state index in [2.05, 4.69) is 22.7 Å². The van der Waals surface area contributed by atoms with Crippen LogP contribution in [-0.4, -0.2) is 82.5 Å². The Hall–Kier alpha value is -2.65. The van der Waals surface area contributed by atoms with Gasteiger partial charge in [-0.2, -0.15) is 0 Å². The number of carbonyl (C=O) groups excluding carboxylic acids is 2. The minimum Gasteiger partial charge on any atom is -0.444 e. The van der Waals surface area contributed by atoms with E-state index in [1.54, 1.807) is 12.0 Å². The van der Waals surface area contributed by atoms with E-state index in [0.717, 1.165) is 48.0 Å². The van der Waals surface area contributed by atoms with Crippen molar-refractivity contribution in [2.75, 3.05) is 33.4 Å². The van der Waals surface area contributed by atoms with E-state index < -0.39 is 17.8 Å². The van der Waals surface area contributed by atoms with Gasteiger partial charge in [-0.15, -0.1) is 0 Å². The van der Waals surface area contributed by atoms with Gasteiger partial charge in [0.15, 0.2) is 6.10 Å². The SMILES string of the molecule is COCCCn1cc(CN(C(=O)[C@H]2CN(C(=O)OC(C)(C)C)CCO2)C2CC2)c2nccc(C)c21. The molecule has 35 heavy (non-hydrogen) atoms. The van der Waals surface area contributed by atoms with Crippen molar-refractivity contribution in [1.29, 1.82) is 0 Å². The smallest absolute Gasteiger partial charge is 0.410 e. The minimum absolute atomic E-state index is 0.0753. The standard InChI is InChI=1S/C26H38N4O5/c1-18-9-10-27-22-19(15-28(23(18)22)11-6-13-33-5)16-30(20-7-8-20)24(31)21-17-29(12-14-34-21)25(32)35-26(2,3)4/h9-10,15,20-21H,6-8,11-14,16-17H2,1-5H3/t21-/m1/s1.